The lowest BCUT2D eigenvalue weighted by Crippen LogP contribution is -2.48. The molecule has 0 saturated heterocycles. The number of ether oxygens (including phenoxy) is 1. The van der Waals surface area contributed by atoms with Crippen molar-refractivity contribution in [3.05, 3.63) is 59.7 Å². The number of hydrogen-bond acceptors (Lipinski definition) is 5. The van der Waals surface area contributed by atoms with Crippen LogP contribution in [0.15, 0.2) is 48.5 Å². The summed E-state index contributed by atoms with van der Waals surface area (Å²) in [6.07, 6.45) is 0.601. The lowest BCUT2D eigenvalue weighted by atomic mass is 9.98. The number of benzene rings is 2. The highest BCUT2D eigenvalue weighted by Gasteiger charge is 2.29. The first kappa shape index (κ1) is 25.2. The number of nitrogens with zero attached hydrogens (tertiary/aromatic N) is 1. The summed E-state index contributed by atoms with van der Waals surface area (Å²) in [4.78, 5) is 37.6. The minimum absolute atomic E-state index is 0.00575. The molecule has 0 aromatic heterocycles. The van der Waals surface area contributed by atoms with Gasteiger partial charge in [0.1, 0.15) is 12.6 Å². The van der Waals surface area contributed by atoms with E-state index in [-0.39, 0.29) is 30.9 Å². The van der Waals surface area contributed by atoms with Gasteiger partial charge in [-0.2, -0.15) is 0 Å². The van der Waals surface area contributed by atoms with E-state index < -0.39 is 18.1 Å². The molecule has 1 aliphatic rings. The molecule has 0 spiro atoms. The first-order valence-electron chi connectivity index (χ1n) is 11.5. The number of carboxylic acids is 1. The molecule has 2 aromatic rings. The number of carbonyl (C=O) groups is 3. The number of aliphatic carboxylic acids is 1. The van der Waals surface area contributed by atoms with E-state index in [9.17, 15) is 19.5 Å². The maximum absolute atomic E-state index is 12.3. The molecule has 34 heavy (non-hydrogen) atoms. The molecular weight excluding hydrogens is 434 g/mol. The van der Waals surface area contributed by atoms with Crippen molar-refractivity contribution >= 4 is 18.0 Å². The van der Waals surface area contributed by atoms with Crippen molar-refractivity contribution in [2.45, 2.75) is 31.7 Å². The highest BCUT2D eigenvalue weighted by molar-refractivity contribution is 5.85. The van der Waals surface area contributed by atoms with Gasteiger partial charge in [-0.25, -0.2) is 9.59 Å². The number of likely N-dealkylation sites (N-methyl/N-ethyl adjacent to an activating group) is 1. The van der Waals surface area contributed by atoms with E-state index in [1.54, 1.807) is 25.9 Å². The average molecular weight is 468 g/mol. The van der Waals surface area contributed by atoms with Crippen molar-refractivity contribution in [1.82, 2.24) is 15.5 Å². The van der Waals surface area contributed by atoms with Gasteiger partial charge in [-0.1, -0.05) is 55.5 Å². The number of fused-ring (bicyclic) bond motifs is 3. The molecule has 0 radical (unpaired) electrons. The summed E-state index contributed by atoms with van der Waals surface area (Å²) in [5.41, 5.74) is 4.67. The van der Waals surface area contributed by atoms with E-state index in [1.807, 2.05) is 24.3 Å². The van der Waals surface area contributed by atoms with Crippen LogP contribution in [0.2, 0.25) is 0 Å². The van der Waals surface area contributed by atoms with Crippen molar-refractivity contribution < 1.29 is 24.2 Å². The Morgan fingerprint density at radius 1 is 1.03 bits per heavy atom. The molecule has 3 N–H and O–H groups in total. The van der Waals surface area contributed by atoms with Gasteiger partial charge >= 0.3 is 12.1 Å². The van der Waals surface area contributed by atoms with Crippen LogP contribution in [0.25, 0.3) is 11.1 Å². The van der Waals surface area contributed by atoms with Gasteiger partial charge in [0.05, 0.1) is 0 Å². The number of carboxylic acid groups (broad SMARTS) is 1. The second kappa shape index (κ2) is 11.7. The second-order valence-corrected chi connectivity index (χ2v) is 8.96. The molecule has 0 fully saturated rings. The molecule has 2 aromatic carbocycles. The van der Waals surface area contributed by atoms with E-state index in [0.717, 1.165) is 11.1 Å². The van der Waals surface area contributed by atoms with Crippen LogP contribution in [0.1, 0.15) is 36.8 Å². The van der Waals surface area contributed by atoms with Crippen LogP contribution in [0.3, 0.4) is 0 Å². The van der Waals surface area contributed by atoms with Crippen LogP contribution in [0.5, 0.6) is 0 Å². The van der Waals surface area contributed by atoms with Crippen LogP contribution in [0, 0.1) is 5.92 Å². The van der Waals surface area contributed by atoms with Gasteiger partial charge in [0.2, 0.25) is 5.91 Å². The molecule has 1 aliphatic carbocycles. The quantitative estimate of drug-likeness (QED) is 0.439. The van der Waals surface area contributed by atoms with Crippen LogP contribution >= 0.6 is 0 Å². The molecule has 0 heterocycles. The van der Waals surface area contributed by atoms with E-state index in [2.05, 4.69) is 34.9 Å². The molecule has 8 nitrogen and oxygen atoms in total. The summed E-state index contributed by atoms with van der Waals surface area (Å²) in [7, 11) is 3.50. The fourth-order valence-corrected chi connectivity index (χ4v) is 4.24. The Morgan fingerprint density at radius 3 is 2.18 bits per heavy atom. The van der Waals surface area contributed by atoms with Crippen LogP contribution in [0.4, 0.5) is 4.79 Å². The maximum Gasteiger partial charge on any atom is 0.407 e. The normalized spacial score (nSPS) is 14.1. The second-order valence-electron chi connectivity index (χ2n) is 8.96. The van der Waals surface area contributed by atoms with Crippen LogP contribution in [-0.2, 0) is 14.3 Å². The zero-order chi connectivity index (χ0) is 24.7. The van der Waals surface area contributed by atoms with Gasteiger partial charge in [0, 0.05) is 24.9 Å². The summed E-state index contributed by atoms with van der Waals surface area (Å²) in [6, 6.07) is 15.4. The van der Waals surface area contributed by atoms with Gasteiger partial charge in [-0.15, -0.1) is 0 Å². The minimum Gasteiger partial charge on any atom is -0.480 e. The number of carbonyl (C=O) groups excluding carboxylic acids is 2. The predicted octanol–water partition coefficient (Wildman–Crippen LogP) is 3.07. The smallest absolute Gasteiger partial charge is 0.407 e. The summed E-state index contributed by atoms with van der Waals surface area (Å²) in [6.45, 7) is 2.59. The Kier molecular flexibility index (Phi) is 8.65. The molecule has 2 amide bonds. The summed E-state index contributed by atoms with van der Waals surface area (Å²) in [5.74, 6) is -1.74. The molecule has 0 saturated carbocycles. The van der Waals surface area contributed by atoms with E-state index in [1.165, 1.54) is 11.1 Å². The summed E-state index contributed by atoms with van der Waals surface area (Å²) >= 11 is 0. The molecule has 2 atom stereocenters. The monoisotopic (exact) mass is 467 g/mol. The SMILES string of the molecule is CC(CCCNC(=O)OCC1c2ccccc2-c2ccccc21)C(=O)NC(CN(C)C)C(=O)O. The Morgan fingerprint density at radius 2 is 1.62 bits per heavy atom. The third-order valence-electron chi connectivity index (χ3n) is 6.04. The third-order valence-corrected chi connectivity index (χ3v) is 6.04. The van der Waals surface area contributed by atoms with Gasteiger partial charge in [0.25, 0.3) is 0 Å². The number of hydrogen-bond donors (Lipinski definition) is 3. The van der Waals surface area contributed by atoms with Crippen LogP contribution < -0.4 is 10.6 Å². The highest BCUT2D eigenvalue weighted by Crippen LogP contribution is 2.44. The summed E-state index contributed by atoms with van der Waals surface area (Å²) < 4.78 is 5.51. The molecule has 3 rings (SSSR count). The van der Waals surface area contributed by atoms with E-state index in [0.29, 0.717) is 19.4 Å². The molecule has 2 unspecified atom stereocenters. The van der Waals surface area contributed by atoms with Crippen molar-refractivity contribution in [2.75, 3.05) is 33.8 Å². The fourth-order valence-electron chi connectivity index (χ4n) is 4.24. The van der Waals surface area contributed by atoms with Crippen molar-refractivity contribution in [3.8, 4) is 11.1 Å². The minimum atomic E-state index is -1.06. The number of amides is 2. The maximum atomic E-state index is 12.3. The Hall–Kier alpha value is -3.39. The zero-order valence-corrected chi connectivity index (χ0v) is 19.9. The molecular formula is C26H33N3O5. The highest BCUT2D eigenvalue weighted by atomic mass is 16.5. The predicted molar refractivity (Wildman–Crippen MR) is 130 cm³/mol. The van der Waals surface area contributed by atoms with E-state index in [4.69, 9.17) is 4.74 Å². The third kappa shape index (κ3) is 6.35. The largest absolute Gasteiger partial charge is 0.480 e. The average Bonchev–Trinajstić information content (AvgIpc) is 3.13. The van der Waals surface area contributed by atoms with Gasteiger partial charge < -0.3 is 25.4 Å². The Labute approximate surface area is 200 Å². The topological polar surface area (TPSA) is 108 Å². The fraction of sp³-hybridized carbons (Fsp3) is 0.423. The molecule has 182 valence electrons. The molecule has 0 aliphatic heterocycles. The summed E-state index contributed by atoms with van der Waals surface area (Å²) in [5, 5.41) is 14.6. The zero-order valence-electron chi connectivity index (χ0n) is 19.9. The lowest BCUT2D eigenvalue weighted by Gasteiger charge is -2.20. The van der Waals surface area contributed by atoms with Crippen molar-refractivity contribution in [2.24, 2.45) is 5.92 Å². The van der Waals surface area contributed by atoms with Crippen LogP contribution in [-0.4, -0.2) is 67.8 Å². The molecule has 8 heteroatoms. The van der Waals surface area contributed by atoms with Gasteiger partial charge in [0.15, 0.2) is 0 Å². The van der Waals surface area contributed by atoms with Gasteiger partial charge in [-0.05, 0) is 49.2 Å². The standard InChI is InChI=1S/C26H33N3O5/c1-17(24(30)28-23(25(31)32)15-29(2)3)9-8-14-27-26(33)34-16-22-20-12-6-4-10-18(20)19-11-5-7-13-21(19)22/h4-7,10-13,17,22-23H,8-9,14-16H2,1-3H3,(H,27,33)(H,28,30)(H,31,32). The van der Waals surface area contributed by atoms with Gasteiger partial charge in [-0.3, -0.25) is 4.79 Å². The van der Waals surface area contributed by atoms with Crippen molar-refractivity contribution in [1.29, 1.82) is 0 Å². The lowest BCUT2D eigenvalue weighted by molar-refractivity contribution is -0.142. The Bertz CT molecular complexity index is 978. The number of nitrogens with one attached hydrogen (secondary N) is 2. The number of alkyl carbamates (subject to hydrolysis) is 1. The molecule has 0 bridgehead atoms. The van der Waals surface area contributed by atoms with Crippen molar-refractivity contribution in [3.63, 3.8) is 0 Å². The first-order chi connectivity index (χ1) is 16.3. The van der Waals surface area contributed by atoms with E-state index >= 15 is 0 Å². The first-order valence-corrected chi connectivity index (χ1v) is 11.5. The Balaban J connectivity index is 1.41. The number of rotatable bonds is 11.